The molecule has 82 valence electrons. The van der Waals surface area contributed by atoms with Gasteiger partial charge in [-0.2, -0.15) is 12.6 Å². The number of nitrogens with zero attached hydrogens (tertiary/aromatic N) is 1. The fourth-order valence-electron chi connectivity index (χ4n) is 2.54. The van der Waals surface area contributed by atoms with E-state index >= 15 is 0 Å². The summed E-state index contributed by atoms with van der Waals surface area (Å²) in [5.74, 6) is 1.09. The van der Waals surface area contributed by atoms with Crippen LogP contribution in [-0.2, 0) is 0 Å². The summed E-state index contributed by atoms with van der Waals surface area (Å²) in [5.41, 5.74) is 0.613. The molecule has 1 aliphatic heterocycles. The summed E-state index contributed by atoms with van der Waals surface area (Å²) < 4.78 is 0. The van der Waals surface area contributed by atoms with E-state index in [9.17, 15) is 0 Å². The van der Waals surface area contributed by atoms with Gasteiger partial charge < -0.3 is 4.90 Å². The Morgan fingerprint density at radius 3 is 2.71 bits per heavy atom. The largest absolute Gasteiger partial charge is 0.300 e. The first-order chi connectivity index (χ1) is 6.76. The van der Waals surface area contributed by atoms with Gasteiger partial charge in [0.1, 0.15) is 0 Å². The maximum Gasteiger partial charge on any atom is 0.00671 e. The van der Waals surface area contributed by atoms with Crippen LogP contribution >= 0.6 is 12.6 Å². The molecule has 1 aliphatic carbocycles. The van der Waals surface area contributed by atoms with Crippen molar-refractivity contribution >= 4 is 12.6 Å². The highest BCUT2D eigenvalue weighted by molar-refractivity contribution is 7.80. The van der Waals surface area contributed by atoms with Crippen molar-refractivity contribution in [2.45, 2.75) is 51.5 Å². The number of hydrogen-bond donors (Lipinski definition) is 1. The molecule has 0 spiro atoms. The maximum atomic E-state index is 4.49. The van der Waals surface area contributed by atoms with E-state index in [-0.39, 0.29) is 0 Å². The lowest BCUT2D eigenvalue weighted by Crippen LogP contribution is -2.38. The first-order valence-corrected chi connectivity index (χ1v) is 6.74. The minimum absolute atomic E-state index is 0.613. The lowest BCUT2D eigenvalue weighted by atomic mass is 10.1. The van der Waals surface area contributed by atoms with Crippen molar-refractivity contribution in [3.63, 3.8) is 0 Å². The Labute approximate surface area is 93.7 Å². The molecule has 2 rings (SSSR count). The topological polar surface area (TPSA) is 3.24 Å². The Kier molecular flexibility index (Phi) is 3.43. The average molecular weight is 213 g/mol. The zero-order valence-corrected chi connectivity index (χ0v) is 10.2. The fourth-order valence-corrected chi connectivity index (χ4v) is 2.96. The first-order valence-electron chi connectivity index (χ1n) is 6.11. The minimum Gasteiger partial charge on any atom is -0.300 e. The summed E-state index contributed by atoms with van der Waals surface area (Å²) in [7, 11) is 0. The summed E-state index contributed by atoms with van der Waals surface area (Å²) in [4.78, 5) is 2.72. The van der Waals surface area contributed by atoms with Crippen LogP contribution in [0.4, 0.5) is 0 Å². The lowest BCUT2D eigenvalue weighted by Gasteiger charge is -2.30. The normalized spacial score (nSPS) is 32.6. The fraction of sp³-hybridized carbons (Fsp3) is 1.00. The molecule has 0 N–H and O–H groups in total. The van der Waals surface area contributed by atoms with Crippen molar-refractivity contribution in [1.29, 1.82) is 0 Å². The molecule has 1 atom stereocenters. The van der Waals surface area contributed by atoms with E-state index in [1.54, 1.807) is 0 Å². The minimum atomic E-state index is 0.613. The van der Waals surface area contributed by atoms with E-state index < -0.39 is 0 Å². The molecule has 1 unspecified atom stereocenters. The molecule has 0 aromatic carbocycles. The van der Waals surface area contributed by atoms with Crippen molar-refractivity contribution in [2.75, 3.05) is 18.8 Å². The van der Waals surface area contributed by atoms with Crippen molar-refractivity contribution in [3.8, 4) is 0 Å². The van der Waals surface area contributed by atoms with Crippen LogP contribution in [0, 0.1) is 5.41 Å². The monoisotopic (exact) mass is 213 g/mol. The van der Waals surface area contributed by atoms with Gasteiger partial charge in [0.05, 0.1) is 0 Å². The van der Waals surface area contributed by atoms with E-state index in [4.69, 9.17) is 0 Å². The van der Waals surface area contributed by atoms with Gasteiger partial charge in [-0.25, -0.2) is 0 Å². The van der Waals surface area contributed by atoms with Gasteiger partial charge in [0.2, 0.25) is 0 Å². The van der Waals surface area contributed by atoms with Crippen LogP contribution in [0.1, 0.15) is 45.4 Å². The second-order valence-electron chi connectivity index (χ2n) is 5.33. The van der Waals surface area contributed by atoms with Gasteiger partial charge in [-0.3, -0.25) is 0 Å². The number of hydrogen-bond acceptors (Lipinski definition) is 2. The van der Waals surface area contributed by atoms with Crippen LogP contribution in [0.2, 0.25) is 0 Å². The number of thiol groups is 1. The molecule has 2 aliphatic rings. The predicted octanol–water partition coefficient (Wildman–Crippen LogP) is 2.96. The van der Waals surface area contributed by atoms with E-state index in [1.165, 1.54) is 51.6 Å². The molecule has 1 saturated heterocycles. The molecule has 1 nitrogen and oxygen atoms in total. The Morgan fingerprint density at radius 2 is 2.07 bits per heavy atom. The third kappa shape index (κ3) is 2.46. The van der Waals surface area contributed by atoms with Gasteiger partial charge in [0.25, 0.3) is 0 Å². The van der Waals surface area contributed by atoms with Crippen LogP contribution in [0.5, 0.6) is 0 Å². The molecule has 2 heteroatoms. The quantitative estimate of drug-likeness (QED) is 0.705. The van der Waals surface area contributed by atoms with Crippen molar-refractivity contribution in [3.05, 3.63) is 0 Å². The molecule has 0 amide bonds. The molecule has 14 heavy (non-hydrogen) atoms. The summed E-state index contributed by atoms with van der Waals surface area (Å²) in [6.45, 7) is 5.05. The first kappa shape index (κ1) is 10.8. The maximum absolute atomic E-state index is 4.49. The lowest BCUT2D eigenvalue weighted by molar-refractivity contribution is 0.179. The Balaban J connectivity index is 1.88. The molecule has 2 fully saturated rings. The second-order valence-corrected chi connectivity index (χ2v) is 5.64. The summed E-state index contributed by atoms with van der Waals surface area (Å²) in [5, 5.41) is 0. The van der Waals surface area contributed by atoms with E-state index in [1.807, 2.05) is 0 Å². The van der Waals surface area contributed by atoms with Crippen LogP contribution in [0.25, 0.3) is 0 Å². The average Bonchev–Trinajstić information content (AvgIpc) is 2.97. The van der Waals surface area contributed by atoms with Gasteiger partial charge in [-0.05, 0) is 50.3 Å². The van der Waals surface area contributed by atoms with Crippen LogP contribution in [0.3, 0.4) is 0 Å². The zero-order valence-electron chi connectivity index (χ0n) is 9.34. The van der Waals surface area contributed by atoms with Gasteiger partial charge >= 0.3 is 0 Å². The van der Waals surface area contributed by atoms with Gasteiger partial charge in [0, 0.05) is 12.6 Å². The number of rotatable bonds is 3. The van der Waals surface area contributed by atoms with Crippen LogP contribution in [-0.4, -0.2) is 29.8 Å². The van der Waals surface area contributed by atoms with E-state index in [0.29, 0.717) is 5.41 Å². The van der Waals surface area contributed by atoms with Gasteiger partial charge in [-0.15, -0.1) is 0 Å². The Hall–Kier alpha value is 0.310. The Morgan fingerprint density at radius 1 is 1.29 bits per heavy atom. The number of likely N-dealkylation sites (tertiary alicyclic amines) is 1. The van der Waals surface area contributed by atoms with Gasteiger partial charge in [-0.1, -0.05) is 12.8 Å². The molecule has 0 aromatic heterocycles. The molecule has 0 bridgehead atoms. The predicted molar refractivity (Wildman–Crippen MR) is 65.0 cm³/mol. The molecule has 1 saturated carbocycles. The molecular weight excluding hydrogens is 190 g/mol. The second kappa shape index (κ2) is 4.44. The molecular formula is C12H23NS. The van der Waals surface area contributed by atoms with Gasteiger partial charge in [0.15, 0.2) is 0 Å². The third-order valence-corrected chi connectivity index (χ3v) is 4.69. The Bertz CT molecular complexity index is 189. The van der Waals surface area contributed by atoms with Crippen LogP contribution < -0.4 is 0 Å². The smallest absolute Gasteiger partial charge is 0.00671 e. The molecule has 0 radical (unpaired) electrons. The van der Waals surface area contributed by atoms with Crippen molar-refractivity contribution in [2.24, 2.45) is 5.41 Å². The van der Waals surface area contributed by atoms with E-state index in [2.05, 4.69) is 24.5 Å². The van der Waals surface area contributed by atoms with Crippen LogP contribution in [0.15, 0.2) is 0 Å². The zero-order chi connectivity index (χ0) is 10.0. The molecule has 0 aromatic rings. The molecule has 1 heterocycles. The standard InChI is InChI=1S/C12H23NS/c1-11-5-3-2-4-8-13(11)9-12(10-14)6-7-12/h11,14H,2-10H2,1H3. The summed E-state index contributed by atoms with van der Waals surface area (Å²) in [6.07, 6.45) is 8.52. The highest BCUT2D eigenvalue weighted by Crippen LogP contribution is 2.47. The third-order valence-electron chi connectivity index (χ3n) is 4.02. The van der Waals surface area contributed by atoms with Crippen molar-refractivity contribution < 1.29 is 0 Å². The highest BCUT2D eigenvalue weighted by Gasteiger charge is 2.43. The summed E-state index contributed by atoms with van der Waals surface area (Å²) >= 11 is 4.49. The highest BCUT2D eigenvalue weighted by atomic mass is 32.1. The van der Waals surface area contributed by atoms with E-state index in [0.717, 1.165) is 11.8 Å². The SMILES string of the molecule is CC1CCCCCN1CC1(CS)CC1. The summed E-state index contributed by atoms with van der Waals surface area (Å²) in [6, 6.07) is 0.815. The van der Waals surface area contributed by atoms with Crippen molar-refractivity contribution in [1.82, 2.24) is 4.90 Å².